The van der Waals surface area contributed by atoms with Crippen molar-refractivity contribution in [3.63, 3.8) is 0 Å². The molecule has 1 aliphatic rings. The molecule has 0 saturated carbocycles. The van der Waals surface area contributed by atoms with Crippen molar-refractivity contribution in [2.24, 2.45) is 0 Å². The molecule has 134 valence electrons. The van der Waals surface area contributed by atoms with Crippen molar-refractivity contribution in [3.8, 4) is 0 Å². The number of carbonyl (C=O) groups is 3. The van der Waals surface area contributed by atoms with Crippen LogP contribution in [-0.4, -0.2) is 59.1 Å². The molecule has 2 aromatic rings. The number of aromatic nitrogens is 2. The predicted molar refractivity (Wildman–Crippen MR) is 96.3 cm³/mol. The van der Waals surface area contributed by atoms with E-state index in [1.807, 2.05) is 4.90 Å². The molecule has 3 rings (SSSR count). The van der Waals surface area contributed by atoms with Gasteiger partial charge in [-0.15, -0.1) is 0 Å². The molecule has 0 atom stereocenters. The third-order valence-corrected chi connectivity index (χ3v) is 4.15. The molecule has 0 bridgehead atoms. The van der Waals surface area contributed by atoms with Crippen LogP contribution in [0.15, 0.2) is 36.5 Å². The molecule has 0 radical (unpaired) electrons. The molecule has 8 heteroatoms. The molecule has 1 aliphatic heterocycles. The maximum atomic E-state index is 12.5. The molecule has 8 nitrogen and oxygen atoms in total. The Morgan fingerprint density at radius 1 is 1.15 bits per heavy atom. The van der Waals surface area contributed by atoms with Gasteiger partial charge in [-0.25, -0.2) is 9.97 Å². The van der Waals surface area contributed by atoms with E-state index in [1.165, 1.54) is 19.2 Å². The highest BCUT2D eigenvalue weighted by molar-refractivity contribution is 6.04. The summed E-state index contributed by atoms with van der Waals surface area (Å²) in [5.41, 5.74) is 1.29. The van der Waals surface area contributed by atoms with Crippen molar-refractivity contribution in [3.05, 3.63) is 47.8 Å². The van der Waals surface area contributed by atoms with Gasteiger partial charge in [0.25, 0.3) is 5.91 Å². The summed E-state index contributed by atoms with van der Waals surface area (Å²) in [6, 6.07) is 8.28. The molecule has 1 N–H and O–H groups in total. The fourth-order valence-corrected chi connectivity index (χ4v) is 2.67. The first-order valence-corrected chi connectivity index (χ1v) is 8.26. The number of amides is 2. The Kier molecular flexibility index (Phi) is 5.21. The smallest absolute Gasteiger partial charge is 0.274 e. The van der Waals surface area contributed by atoms with E-state index >= 15 is 0 Å². The van der Waals surface area contributed by atoms with Crippen LogP contribution in [0.25, 0.3) is 0 Å². The standard InChI is InChI=1S/C18H19N5O3/c1-13(25)14-3-2-4-15(11-14)20-17(26)16-5-6-19-18(21-16)23-9-7-22(12-24)8-10-23/h2-6,11-12H,7-10H2,1H3,(H,20,26). The van der Waals surface area contributed by atoms with Crippen LogP contribution in [0.3, 0.4) is 0 Å². The highest BCUT2D eigenvalue weighted by atomic mass is 16.2. The highest BCUT2D eigenvalue weighted by Crippen LogP contribution is 2.14. The van der Waals surface area contributed by atoms with Crippen molar-refractivity contribution in [2.75, 3.05) is 36.4 Å². The van der Waals surface area contributed by atoms with Crippen LogP contribution in [0.4, 0.5) is 11.6 Å². The van der Waals surface area contributed by atoms with E-state index in [-0.39, 0.29) is 17.4 Å². The van der Waals surface area contributed by atoms with Gasteiger partial charge >= 0.3 is 0 Å². The first kappa shape index (κ1) is 17.5. The predicted octanol–water partition coefficient (Wildman–Crippen LogP) is 1.21. The number of rotatable bonds is 5. The molecule has 1 fully saturated rings. The fourth-order valence-electron chi connectivity index (χ4n) is 2.67. The first-order chi connectivity index (χ1) is 12.6. The van der Waals surface area contributed by atoms with E-state index in [0.29, 0.717) is 43.4 Å². The number of nitrogens with zero attached hydrogens (tertiary/aromatic N) is 4. The van der Waals surface area contributed by atoms with Crippen LogP contribution < -0.4 is 10.2 Å². The Balaban J connectivity index is 1.71. The lowest BCUT2D eigenvalue weighted by Crippen LogP contribution is -2.46. The summed E-state index contributed by atoms with van der Waals surface area (Å²) in [5.74, 6) is 0.0152. The molecule has 1 aromatic carbocycles. The monoisotopic (exact) mass is 353 g/mol. The van der Waals surface area contributed by atoms with Gasteiger partial charge in [-0.05, 0) is 25.1 Å². The topological polar surface area (TPSA) is 95.5 Å². The molecule has 0 unspecified atom stereocenters. The lowest BCUT2D eigenvalue weighted by Gasteiger charge is -2.32. The number of ketones is 1. The number of piperazine rings is 1. The van der Waals surface area contributed by atoms with Crippen LogP contribution in [0.5, 0.6) is 0 Å². The Morgan fingerprint density at radius 3 is 2.62 bits per heavy atom. The van der Waals surface area contributed by atoms with Gasteiger partial charge in [0.05, 0.1) is 0 Å². The Morgan fingerprint density at radius 2 is 1.92 bits per heavy atom. The van der Waals surface area contributed by atoms with Crippen molar-refractivity contribution in [1.82, 2.24) is 14.9 Å². The highest BCUT2D eigenvalue weighted by Gasteiger charge is 2.19. The zero-order chi connectivity index (χ0) is 18.5. The summed E-state index contributed by atoms with van der Waals surface area (Å²) in [5, 5.41) is 2.75. The number of hydrogen-bond acceptors (Lipinski definition) is 6. The van der Waals surface area contributed by atoms with Crippen molar-refractivity contribution < 1.29 is 14.4 Å². The number of anilines is 2. The third kappa shape index (κ3) is 4.02. The zero-order valence-corrected chi connectivity index (χ0v) is 14.4. The average Bonchev–Trinajstić information content (AvgIpc) is 2.68. The van der Waals surface area contributed by atoms with Crippen LogP contribution in [0.1, 0.15) is 27.8 Å². The van der Waals surface area contributed by atoms with Gasteiger partial charge in [0, 0.05) is 43.6 Å². The lowest BCUT2D eigenvalue weighted by molar-refractivity contribution is -0.118. The summed E-state index contributed by atoms with van der Waals surface area (Å²) in [7, 11) is 0. The Hall–Kier alpha value is -3.29. The number of carbonyl (C=O) groups excluding carboxylic acids is 3. The normalized spacial score (nSPS) is 14.0. The van der Waals surface area contributed by atoms with Crippen molar-refractivity contribution in [2.45, 2.75) is 6.92 Å². The van der Waals surface area contributed by atoms with E-state index in [9.17, 15) is 14.4 Å². The average molecular weight is 353 g/mol. The first-order valence-electron chi connectivity index (χ1n) is 8.26. The van der Waals surface area contributed by atoms with E-state index in [4.69, 9.17) is 0 Å². The largest absolute Gasteiger partial charge is 0.342 e. The molecule has 1 aromatic heterocycles. The zero-order valence-electron chi connectivity index (χ0n) is 14.4. The minimum absolute atomic E-state index is 0.0695. The second kappa shape index (κ2) is 7.73. The van der Waals surface area contributed by atoms with Gasteiger partial charge in [-0.1, -0.05) is 12.1 Å². The minimum atomic E-state index is -0.374. The summed E-state index contributed by atoms with van der Waals surface area (Å²) >= 11 is 0. The molecule has 2 amide bonds. The van der Waals surface area contributed by atoms with Crippen LogP contribution in [0.2, 0.25) is 0 Å². The van der Waals surface area contributed by atoms with Gasteiger partial charge in [0.15, 0.2) is 5.78 Å². The van der Waals surface area contributed by atoms with Crippen molar-refractivity contribution in [1.29, 1.82) is 0 Å². The maximum Gasteiger partial charge on any atom is 0.274 e. The van der Waals surface area contributed by atoms with Gasteiger partial charge in [-0.3, -0.25) is 14.4 Å². The maximum absolute atomic E-state index is 12.5. The SMILES string of the molecule is CC(=O)c1cccc(NC(=O)c2ccnc(N3CCN(C=O)CC3)n2)c1. The van der Waals surface area contributed by atoms with Crippen molar-refractivity contribution >= 4 is 29.7 Å². The Labute approximate surface area is 150 Å². The van der Waals surface area contributed by atoms with Crippen LogP contribution in [0, 0.1) is 0 Å². The van der Waals surface area contributed by atoms with Gasteiger partial charge in [0.1, 0.15) is 5.69 Å². The molecule has 2 heterocycles. The Bertz CT molecular complexity index is 831. The summed E-state index contributed by atoms with van der Waals surface area (Å²) < 4.78 is 0. The molecular formula is C18H19N5O3. The van der Waals surface area contributed by atoms with E-state index in [2.05, 4.69) is 15.3 Å². The van der Waals surface area contributed by atoms with E-state index in [0.717, 1.165) is 6.41 Å². The molecule has 0 aliphatic carbocycles. The summed E-state index contributed by atoms with van der Waals surface area (Å²) in [4.78, 5) is 46.9. The van der Waals surface area contributed by atoms with Gasteiger partial charge in [-0.2, -0.15) is 0 Å². The summed E-state index contributed by atoms with van der Waals surface area (Å²) in [6.45, 7) is 3.90. The summed E-state index contributed by atoms with van der Waals surface area (Å²) in [6.07, 6.45) is 2.37. The molecule has 1 saturated heterocycles. The van der Waals surface area contributed by atoms with E-state index < -0.39 is 0 Å². The van der Waals surface area contributed by atoms with Crippen LogP contribution >= 0.6 is 0 Å². The molecule has 0 spiro atoms. The van der Waals surface area contributed by atoms with Crippen LogP contribution in [-0.2, 0) is 4.79 Å². The minimum Gasteiger partial charge on any atom is -0.342 e. The van der Waals surface area contributed by atoms with Gasteiger partial charge < -0.3 is 15.1 Å². The fraction of sp³-hybridized carbons (Fsp3) is 0.278. The second-order valence-electron chi connectivity index (χ2n) is 5.96. The number of benzene rings is 1. The number of hydrogen-bond donors (Lipinski definition) is 1. The molecular weight excluding hydrogens is 334 g/mol. The lowest BCUT2D eigenvalue weighted by atomic mass is 10.1. The quantitative estimate of drug-likeness (QED) is 0.641. The molecule has 26 heavy (non-hydrogen) atoms. The third-order valence-electron chi connectivity index (χ3n) is 4.15. The number of nitrogens with one attached hydrogen (secondary N) is 1. The second-order valence-corrected chi connectivity index (χ2v) is 5.96. The van der Waals surface area contributed by atoms with Gasteiger partial charge in [0.2, 0.25) is 12.4 Å². The van der Waals surface area contributed by atoms with E-state index in [1.54, 1.807) is 29.2 Å². The number of Topliss-reactive ketones (excluding diaryl/α,β-unsaturated/α-hetero) is 1.